The van der Waals surface area contributed by atoms with Gasteiger partial charge >= 0.3 is 6.18 Å². The summed E-state index contributed by atoms with van der Waals surface area (Å²) in [6, 6.07) is 5.85. The van der Waals surface area contributed by atoms with Crippen LogP contribution in [0.25, 0.3) is 10.9 Å². The number of carbonyl (C=O) groups excluding carboxylic acids is 1. The number of aromatic nitrogens is 3. The van der Waals surface area contributed by atoms with Crippen molar-refractivity contribution in [3.63, 3.8) is 0 Å². The third kappa shape index (κ3) is 6.31. The molecule has 1 unspecified atom stereocenters. The van der Waals surface area contributed by atoms with E-state index in [-0.39, 0.29) is 17.1 Å². The topological polar surface area (TPSA) is 72.3 Å². The number of ether oxygens (including phenoxy) is 1. The lowest BCUT2D eigenvalue weighted by Gasteiger charge is -2.30. The van der Waals surface area contributed by atoms with Gasteiger partial charge in [0.25, 0.3) is 11.1 Å². The van der Waals surface area contributed by atoms with Gasteiger partial charge in [0.15, 0.2) is 6.10 Å². The maximum atomic E-state index is 13.0. The normalized spacial score (nSPS) is 21.6. The summed E-state index contributed by atoms with van der Waals surface area (Å²) in [6.45, 7) is 3.76. The maximum absolute atomic E-state index is 13.0. The number of carbonyl (C=O) groups is 1. The summed E-state index contributed by atoms with van der Waals surface area (Å²) >= 11 is 1.25. The molecule has 1 aliphatic carbocycles. The summed E-state index contributed by atoms with van der Waals surface area (Å²) in [5.74, 6) is 0.614. The quantitative estimate of drug-likeness (QED) is 0.442. The molecule has 1 aromatic carbocycles. The van der Waals surface area contributed by atoms with E-state index in [4.69, 9.17) is 4.74 Å². The molecule has 5 rings (SSSR count). The molecule has 1 aliphatic heterocycles. The van der Waals surface area contributed by atoms with Crippen LogP contribution >= 0.6 is 11.3 Å². The van der Waals surface area contributed by atoms with Gasteiger partial charge in [-0.25, -0.2) is 4.98 Å². The van der Waals surface area contributed by atoms with E-state index in [1.54, 1.807) is 4.68 Å². The lowest BCUT2D eigenvalue weighted by molar-refractivity contribution is -0.189. The number of alkyl halides is 3. The van der Waals surface area contributed by atoms with Crippen LogP contribution in [0.2, 0.25) is 0 Å². The van der Waals surface area contributed by atoms with Crippen LogP contribution in [0.15, 0.2) is 24.4 Å². The highest BCUT2D eigenvalue weighted by Crippen LogP contribution is 2.32. The summed E-state index contributed by atoms with van der Waals surface area (Å²) in [4.78, 5) is 20.8. The number of nitrogens with one attached hydrogen (secondary N) is 1. The Morgan fingerprint density at radius 3 is 2.74 bits per heavy atom. The van der Waals surface area contributed by atoms with Crippen molar-refractivity contribution in [2.75, 3.05) is 19.6 Å². The predicted octanol–water partition coefficient (Wildman–Crippen LogP) is 5.14. The molecule has 1 saturated carbocycles. The highest BCUT2D eigenvalue weighted by atomic mass is 32.1. The van der Waals surface area contributed by atoms with E-state index in [1.807, 2.05) is 31.4 Å². The average Bonchev–Trinajstić information content (AvgIpc) is 3.39. The predicted molar refractivity (Wildman–Crippen MR) is 141 cm³/mol. The molecule has 0 radical (unpaired) electrons. The minimum absolute atomic E-state index is 0.0286. The molecule has 0 saturated heterocycles. The molecule has 1 fully saturated rings. The molecule has 206 valence electrons. The second kappa shape index (κ2) is 11.2. The Balaban J connectivity index is 1.05. The molecule has 0 spiro atoms. The molecule has 0 bridgehead atoms. The smallest absolute Gasteiger partial charge is 0.425 e. The van der Waals surface area contributed by atoms with Crippen molar-refractivity contribution in [1.29, 1.82) is 0 Å². The fourth-order valence-electron chi connectivity index (χ4n) is 5.46. The molecule has 3 heterocycles. The number of rotatable bonds is 7. The van der Waals surface area contributed by atoms with Gasteiger partial charge < -0.3 is 15.0 Å². The van der Waals surface area contributed by atoms with Crippen LogP contribution in [0.4, 0.5) is 13.2 Å². The number of amides is 1. The minimum Gasteiger partial charge on any atom is -0.457 e. The highest BCUT2D eigenvalue weighted by Gasteiger charge is 2.39. The lowest BCUT2D eigenvalue weighted by atomic mass is 9.84. The second-order valence-corrected chi connectivity index (χ2v) is 11.6. The number of nitrogens with zero attached hydrogens (tertiary/aromatic N) is 4. The third-order valence-electron chi connectivity index (χ3n) is 7.76. The standard InChI is InChI=1S/C27H34F3N5O2S/c1-17(27(28,29)30)37-26-32-23-11-14-35(15-12-24(23)38-26)13-10-18-6-8-19(9-7-18)31-25(36)20-4-3-5-22-21(20)16-34(2)33-22/h3-5,16-19H,6-15H2,1-2H3,(H,31,36)/t17?,18-,19-. The SMILES string of the molecule is CC(Oc1nc2c(s1)CCN(CC[C@H]1CC[C@H](NC(=O)c3cccc4nn(C)cc34)CC1)CC2)C(F)(F)F. The Hall–Kier alpha value is -2.66. The molecule has 11 heteroatoms. The number of thiazole rings is 1. The molecule has 7 nitrogen and oxygen atoms in total. The zero-order valence-corrected chi connectivity index (χ0v) is 22.6. The lowest BCUT2D eigenvalue weighted by Crippen LogP contribution is -2.38. The van der Waals surface area contributed by atoms with Crippen molar-refractivity contribution in [1.82, 2.24) is 25.0 Å². The molecular formula is C27H34F3N5O2S. The summed E-state index contributed by atoms with van der Waals surface area (Å²) in [5.41, 5.74) is 2.38. The van der Waals surface area contributed by atoms with Crippen LogP contribution in [-0.4, -0.2) is 63.5 Å². The molecule has 1 N–H and O–H groups in total. The first-order valence-corrected chi connectivity index (χ1v) is 14.1. The fourth-order valence-corrected chi connectivity index (χ4v) is 6.48. The fraction of sp³-hybridized carbons (Fsp3) is 0.593. The first kappa shape index (κ1) is 26.9. The Kier molecular flexibility index (Phi) is 7.95. The van der Waals surface area contributed by atoms with E-state index in [0.29, 0.717) is 11.5 Å². The summed E-state index contributed by atoms with van der Waals surface area (Å²) in [7, 11) is 1.86. The number of hydrogen-bond donors (Lipinski definition) is 1. The van der Waals surface area contributed by atoms with Crippen LogP contribution in [0.5, 0.6) is 5.19 Å². The molecule has 2 aliphatic rings. The summed E-state index contributed by atoms with van der Waals surface area (Å²) in [5, 5.41) is 8.63. The largest absolute Gasteiger partial charge is 0.457 e. The molecule has 2 aromatic heterocycles. The van der Waals surface area contributed by atoms with Gasteiger partial charge in [0, 0.05) is 49.1 Å². The number of fused-ring (bicyclic) bond motifs is 2. The molecule has 38 heavy (non-hydrogen) atoms. The molecule has 1 amide bonds. The first-order chi connectivity index (χ1) is 18.2. The van der Waals surface area contributed by atoms with E-state index >= 15 is 0 Å². The van der Waals surface area contributed by atoms with Gasteiger partial charge in [-0.2, -0.15) is 18.3 Å². The van der Waals surface area contributed by atoms with Crippen molar-refractivity contribution in [2.24, 2.45) is 13.0 Å². The van der Waals surface area contributed by atoms with E-state index in [2.05, 4.69) is 20.3 Å². The van der Waals surface area contributed by atoms with Crippen molar-refractivity contribution >= 4 is 28.1 Å². The number of aryl methyl sites for hydroxylation is 1. The summed E-state index contributed by atoms with van der Waals surface area (Å²) < 4.78 is 45.2. The highest BCUT2D eigenvalue weighted by molar-refractivity contribution is 7.13. The molecular weight excluding hydrogens is 515 g/mol. The molecule has 1 atom stereocenters. The molecule has 3 aromatic rings. The second-order valence-electron chi connectivity index (χ2n) is 10.5. The van der Waals surface area contributed by atoms with Gasteiger partial charge in [-0.3, -0.25) is 9.48 Å². The third-order valence-corrected chi connectivity index (χ3v) is 8.81. The van der Waals surface area contributed by atoms with Gasteiger partial charge in [-0.15, -0.1) is 0 Å². The van der Waals surface area contributed by atoms with Gasteiger partial charge in [-0.05, 0) is 70.0 Å². The van der Waals surface area contributed by atoms with Gasteiger partial charge in [0.05, 0.1) is 16.8 Å². The zero-order chi connectivity index (χ0) is 26.9. The first-order valence-electron chi connectivity index (χ1n) is 13.3. The Bertz CT molecular complexity index is 1240. The van der Waals surface area contributed by atoms with Crippen LogP contribution in [0, 0.1) is 5.92 Å². The van der Waals surface area contributed by atoms with Crippen molar-refractivity contribution in [3.8, 4) is 5.19 Å². The van der Waals surface area contributed by atoms with Crippen LogP contribution in [0.1, 0.15) is 60.0 Å². The van der Waals surface area contributed by atoms with Gasteiger partial charge in [0.1, 0.15) is 0 Å². The minimum atomic E-state index is -4.39. The van der Waals surface area contributed by atoms with Crippen molar-refractivity contribution < 1.29 is 22.7 Å². The average molecular weight is 550 g/mol. The van der Waals surface area contributed by atoms with Gasteiger partial charge in [-0.1, -0.05) is 17.4 Å². The monoisotopic (exact) mass is 549 g/mol. The Labute approximate surface area is 224 Å². The zero-order valence-electron chi connectivity index (χ0n) is 21.8. The van der Waals surface area contributed by atoms with E-state index in [1.165, 1.54) is 11.3 Å². The Morgan fingerprint density at radius 2 is 1.97 bits per heavy atom. The maximum Gasteiger partial charge on any atom is 0.425 e. The number of benzene rings is 1. The van der Waals surface area contributed by atoms with Gasteiger partial charge in [0.2, 0.25) is 0 Å². The van der Waals surface area contributed by atoms with Crippen molar-refractivity contribution in [3.05, 3.63) is 40.5 Å². The van der Waals surface area contributed by atoms with Crippen LogP contribution in [-0.2, 0) is 19.9 Å². The van der Waals surface area contributed by atoms with E-state index in [9.17, 15) is 18.0 Å². The van der Waals surface area contributed by atoms with Crippen LogP contribution in [0.3, 0.4) is 0 Å². The van der Waals surface area contributed by atoms with E-state index < -0.39 is 12.3 Å². The van der Waals surface area contributed by atoms with Crippen LogP contribution < -0.4 is 10.1 Å². The summed E-state index contributed by atoms with van der Waals surface area (Å²) in [6.07, 6.45) is 2.46. The number of halogens is 3. The van der Waals surface area contributed by atoms with E-state index in [0.717, 1.165) is 93.0 Å². The Morgan fingerprint density at radius 1 is 1.21 bits per heavy atom. The van der Waals surface area contributed by atoms with Crippen molar-refractivity contribution in [2.45, 2.75) is 70.2 Å². The number of hydrogen-bond acceptors (Lipinski definition) is 6.